The molecule has 0 bridgehead atoms. The first-order valence-electron chi connectivity index (χ1n) is 7.39. The van der Waals surface area contributed by atoms with Crippen molar-refractivity contribution in [3.8, 4) is 11.1 Å². The van der Waals surface area contributed by atoms with Crippen LogP contribution in [0.5, 0.6) is 0 Å². The number of aryl methyl sites for hydroxylation is 2. The maximum absolute atomic E-state index is 11.8. The lowest BCUT2D eigenvalue weighted by Crippen LogP contribution is -2.25. The van der Waals surface area contributed by atoms with E-state index in [1.807, 2.05) is 26.0 Å². The second-order valence-corrected chi connectivity index (χ2v) is 5.48. The van der Waals surface area contributed by atoms with Gasteiger partial charge in [-0.3, -0.25) is 10.3 Å². The van der Waals surface area contributed by atoms with Crippen molar-refractivity contribution in [1.82, 2.24) is 15.3 Å². The Labute approximate surface area is 134 Å². The number of pyridine rings is 2. The molecule has 0 fully saturated rings. The van der Waals surface area contributed by atoms with E-state index >= 15 is 0 Å². The number of rotatable bonds is 2. The number of aromatic nitrogens is 2. The van der Waals surface area contributed by atoms with Crippen LogP contribution in [-0.4, -0.2) is 23.0 Å². The maximum Gasteiger partial charge on any atom is 0.320 e. The molecule has 0 saturated heterocycles. The molecule has 2 aromatic heterocycles. The first-order valence-corrected chi connectivity index (χ1v) is 7.39. The van der Waals surface area contributed by atoms with Crippen LogP contribution in [0.4, 0.5) is 10.6 Å². The van der Waals surface area contributed by atoms with Gasteiger partial charge in [-0.15, -0.1) is 0 Å². The van der Waals surface area contributed by atoms with Crippen molar-refractivity contribution in [2.75, 3.05) is 12.4 Å². The average Bonchev–Trinajstić information content (AvgIpc) is 2.56. The predicted molar refractivity (Wildman–Crippen MR) is 92.5 cm³/mol. The number of hydrogen-bond donors (Lipinski definition) is 2. The monoisotopic (exact) mass is 306 g/mol. The van der Waals surface area contributed by atoms with Crippen LogP contribution in [0.3, 0.4) is 0 Å². The fourth-order valence-electron chi connectivity index (χ4n) is 2.51. The Bertz CT molecular complexity index is 889. The van der Waals surface area contributed by atoms with Gasteiger partial charge in [-0.05, 0) is 37.1 Å². The van der Waals surface area contributed by atoms with E-state index in [2.05, 4.69) is 38.8 Å². The highest BCUT2D eigenvalue weighted by Crippen LogP contribution is 2.32. The summed E-state index contributed by atoms with van der Waals surface area (Å²) < 4.78 is 0. The van der Waals surface area contributed by atoms with Crippen molar-refractivity contribution in [1.29, 1.82) is 0 Å². The molecule has 0 spiro atoms. The van der Waals surface area contributed by atoms with E-state index in [9.17, 15) is 4.79 Å². The number of urea groups is 1. The highest BCUT2D eigenvalue weighted by atomic mass is 16.2. The molecule has 0 aliphatic heterocycles. The number of amides is 2. The Hall–Kier alpha value is -2.95. The molecule has 5 nitrogen and oxygen atoms in total. The highest BCUT2D eigenvalue weighted by Gasteiger charge is 2.13. The largest absolute Gasteiger partial charge is 0.341 e. The second-order valence-electron chi connectivity index (χ2n) is 5.48. The summed E-state index contributed by atoms with van der Waals surface area (Å²) in [4.78, 5) is 20.5. The van der Waals surface area contributed by atoms with Crippen LogP contribution in [0.15, 0.2) is 42.7 Å². The van der Waals surface area contributed by atoms with Gasteiger partial charge in [0.15, 0.2) is 0 Å². The van der Waals surface area contributed by atoms with E-state index in [1.54, 1.807) is 19.4 Å². The van der Waals surface area contributed by atoms with Gasteiger partial charge in [0.25, 0.3) is 0 Å². The van der Waals surface area contributed by atoms with Crippen molar-refractivity contribution < 1.29 is 4.79 Å². The van der Waals surface area contributed by atoms with Crippen LogP contribution in [0.25, 0.3) is 22.0 Å². The molecule has 5 heteroatoms. The molecule has 2 N–H and O–H groups in total. The minimum atomic E-state index is -0.294. The third kappa shape index (κ3) is 2.99. The van der Waals surface area contributed by atoms with Gasteiger partial charge in [-0.2, -0.15) is 0 Å². The third-order valence-corrected chi connectivity index (χ3v) is 3.76. The van der Waals surface area contributed by atoms with E-state index in [0.717, 1.165) is 33.2 Å². The van der Waals surface area contributed by atoms with E-state index in [4.69, 9.17) is 0 Å². The smallest absolute Gasteiger partial charge is 0.320 e. The predicted octanol–water partition coefficient (Wildman–Crippen LogP) is 3.66. The summed E-state index contributed by atoms with van der Waals surface area (Å²) in [6.07, 6.45) is 3.47. The molecule has 0 radical (unpaired) electrons. The summed E-state index contributed by atoms with van der Waals surface area (Å²) in [5.41, 5.74) is 5.01. The number of benzene rings is 1. The average molecular weight is 306 g/mol. The quantitative estimate of drug-likeness (QED) is 0.759. The lowest BCUT2D eigenvalue weighted by molar-refractivity contribution is 0.254. The molecule has 3 rings (SSSR count). The van der Waals surface area contributed by atoms with E-state index < -0.39 is 0 Å². The van der Waals surface area contributed by atoms with Crippen molar-refractivity contribution in [3.63, 3.8) is 0 Å². The number of carbonyl (C=O) groups is 1. The first-order chi connectivity index (χ1) is 11.1. The van der Waals surface area contributed by atoms with Gasteiger partial charge < -0.3 is 5.32 Å². The van der Waals surface area contributed by atoms with Crippen LogP contribution < -0.4 is 10.6 Å². The molecular weight excluding hydrogens is 288 g/mol. The summed E-state index contributed by atoms with van der Waals surface area (Å²) in [5, 5.41) is 6.32. The molecule has 116 valence electrons. The van der Waals surface area contributed by atoms with Crippen molar-refractivity contribution in [2.45, 2.75) is 13.8 Å². The van der Waals surface area contributed by atoms with Crippen LogP contribution >= 0.6 is 0 Å². The first kappa shape index (κ1) is 15.0. The highest BCUT2D eigenvalue weighted by molar-refractivity contribution is 5.97. The molecule has 1 aromatic carbocycles. The molecular formula is C18H18N4O. The van der Waals surface area contributed by atoms with Gasteiger partial charge >= 0.3 is 6.03 Å². The zero-order chi connectivity index (χ0) is 16.4. The standard InChI is InChI=1S/C18H18N4O/c1-11-4-5-12(2)14(8-11)15-9-13-10-20-7-6-16(13)21-17(15)22-18(23)19-3/h4-10H,1-3H3,(H2,19,21,22,23). The van der Waals surface area contributed by atoms with E-state index in [0.29, 0.717) is 5.82 Å². The molecule has 23 heavy (non-hydrogen) atoms. The number of anilines is 1. The second kappa shape index (κ2) is 6.04. The zero-order valence-corrected chi connectivity index (χ0v) is 13.3. The fourth-order valence-corrected chi connectivity index (χ4v) is 2.51. The molecule has 3 aromatic rings. The molecule has 0 aliphatic carbocycles. The molecule has 0 unspecified atom stereocenters. The number of nitrogens with one attached hydrogen (secondary N) is 2. The topological polar surface area (TPSA) is 66.9 Å². The fraction of sp³-hybridized carbons (Fsp3) is 0.167. The van der Waals surface area contributed by atoms with Crippen molar-refractivity contribution in [2.24, 2.45) is 0 Å². The molecule has 2 amide bonds. The van der Waals surface area contributed by atoms with Crippen LogP contribution in [-0.2, 0) is 0 Å². The third-order valence-electron chi connectivity index (χ3n) is 3.76. The van der Waals surface area contributed by atoms with Crippen LogP contribution in [0, 0.1) is 13.8 Å². The van der Waals surface area contributed by atoms with Crippen LogP contribution in [0.1, 0.15) is 11.1 Å². The Balaban J connectivity index is 2.25. The van der Waals surface area contributed by atoms with Gasteiger partial charge in [0.05, 0.1) is 5.52 Å². The SMILES string of the molecule is CNC(=O)Nc1nc2ccncc2cc1-c1cc(C)ccc1C. The number of nitrogens with zero attached hydrogens (tertiary/aromatic N) is 2. The summed E-state index contributed by atoms with van der Waals surface area (Å²) in [6.45, 7) is 4.09. The summed E-state index contributed by atoms with van der Waals surface area (Å²) in [7, 11) is 1.58. The van der Waals surface area contributed by atoms with Crippen LogP contribution in [0.2, 0.25) is 0 Å². The zero-order valence-electron chi connectivity index (χ0n) is 13.3. The van der Waals surface area contributed by atoms with Crippen molar-refractivity contribution >= 4 is 22.8 Å². The Morgan fingerprint density at radius 3 is 2.70 bits per heavy atom. The lowest BCUT2D eigenvalue weighted by Gasteiger charge is -2.14. The summed E-state index contributed by atoms with van der Waals surface area (Å²) in [5.74, 6) is 0.539. The van der Waals surface area contributed by atoms with Crippen molar-refractivity contribution in [3.05, 3.63) is 53.9 Å². The van der Waals surface area contributed by atoms with E-state index in [-0.39, 0.29) is 6.03 Å². The number of carbonyl (C=O) groups excluding carboxylic acids is 1. The Kier molecular flexibility index (Phi) is 3.93. The maximum atomic E-state index is 11.8. The number of hydrogen-bond acceptors (Lipinski definition) is 3. The Morgan fingerprint density at radius 2 is 1.91 bits per heavy atom. The van der Waals surface area contributed by atoms with Gasteiger partial charge in [0.1, 0.15) is 5.82 Å². The summed E-state index contributed by atoms with van der Waals surface area (Å²) >= 11 is 0. The van der Waals surface area contributed by atoms with Gasteiger partial charge in [0, 0.05) is 30.4 Å². The lowest BCUT2D eigenvalue weighted by atomic mass is 9.98. The Morgan fingerprint density at radius 1 is 1.09 bits per heavy atom. The summed E-state index contributed by atoms with van der Waals surface area (Å²) in [6, 6.07) is 9.79. The van der Waals surface area contributed by atoms with Gasteiger partial charge in [-0.1, -0.05) is 23.8 Å². The minimum absolute atomic E-state index is 0.294. The molecule has 2 heterocycles. The van der Waals surface area contributed by atoms with Gasteiger partial charge in [0.2, 0.25) is 0 Å². The van der Waals surface area contributed by atoms with Gasteiger partial charge in [-0.25, -0.2) is 9.78 Å². The van der Waals surface area contributed by atoms with E-state index in [1.165, 1.54) is 0 Å². The molecule has 0 aliphatic rings. The number of fused-ring (bicyclic) bond motifs is 1. The molecule has 0 saturated carbocycles. The minimum Gasteiger partial charge on any atom is -0.341 e. The normalized spacial score (nSPS) is 10.6. The molecule has 0 atom stereocenters.